The molecule has 5 rings (SSSR count). The van der Waals surface area contributed by atoms with Crippen molar-refractivity contribution in [1.82, 2.24) is 9.55 Å². The molecule has 0 bridgehead atoms. The number of nitrogens with zero attached hydrogens (tertiary/aromatic N) is 3. The number of benzene rings is 3. The number of hydrogen-bond acceptors (Lipinski definition) is 4. The molecule has 33 heavy (non-hydrogen) atoms. The van der Waals surface area contributed by atoms with Crippen LogP contribution in [0.4, 0.5) is 11.4 Å². The van der Waals surface area contributed by atoms with E-state index in [2.05, 4.69) is 10.3 Å². The molecule has 0 aliphatic carbocycles. The minimum atomic E-state index is -0.0742. The summed E-state index contributed by atoms with van der Waals surface area (Å²) in [7, 11) is 0. The molecule has 1 aliphatic rings. The van der Waals surface area contributed by atoms with Gasteiger partial charge in [0.05, 0.1) is 11.4 Å². The predicted molar refractivity (Wildman–Crippen MR) is 132 cm³/mol. The first kappa shape index (κ1) is 20.5. The second kappa shape index (κ2) is 8.59. The van der Waals surface area contributed by atoms with Crippen molar-refractivity contribution in [2.24, 2.45) is 4.99 Å². The fourth-order valence-corrected chi connectivity index (χ4v) is 3.82. The highest BCUT2D eigenvalue weighted by molar-refractivity contribution is 6.21. The molecule has 2 N–H and O–H groups in total. The van der Waals surface area contributed by atoms with Gasteiger partial charge in [-0.1, -0.05) is 61.5 Å². The number of allylic oxidation sites excluding steroid dienone is 1. The number of carbonyl (C=O) groups excluding carboxylic acids is 1. The summed E-state index contributed by atoms with van der Waals surface area (Å²) < 4.78 is 1.70. The highest BCUT2D eigenvalue weighted by atomic mass is 16.3. The number of imidazole rings is 1. The maximum Gasteiger partial charge on any atom is 0.224 e. The van der Waals surface area contributed by atoms with Crippen LogP contribution in [-0.2, 0) is 4.79 Å². The largest absolute Gasteiger partial charge is 0.493 e. The second-order valence-corrected chi connectivity index (χ2v) is 7.67. The number of aromatic hydroxyl groups is 1. The molecule has 0 unspecified atom stereocenters. The summed E-state index contributed by atoms with van der Waals surface area (Å²) in [6, 6.07) is 24.9. The van der Waals surface area contributed by atoms with Crippen molar-refractivity contribution in [1.29, 1.82) is 0 Å². The minimum Gasteiger partial charge on any atom is -0.493 e. The zero-order chi connectivity index (χ0) is 22.8. The third-order valence-corrected chi connectivity index (χ3v) is 5.47. The van der Waals surface area contributed by atoms with E-state index in [1.54, 1.807) is 17.7 Å². The highest BCUT2D eigenvalue weighted by Crippen LogP contribution is 2.36. The molecule has 0 fully saturated rings. The van der Waals surface area contributed by atoms with Gasteiger partial charge >= 0.3 is 0 Å². The molecular formula is C27H22N4O2. The van der Waals surface area contributed by atoms with Gasteiger partial charge in [-0.25, -0.2) is 4.98 Å². The van der Waals surface area contributed by atoms with Crippen LogP contribution < -0.4 is 5.32 Å². The molecular weight excluding hydrogens is 412 g/mol. The summed E-state index contributed by atoms with van der Waals surface area (Å²) in [6.45, 7) is 1.80. The zero-order valence-electron chi connectivity index (χ0n) is 18.1. The lowest BCUT2D eigenvalue weighted by Crippen LogP contribution is -2.09. The van der Waals surface area contributed by atoms with Gasteiger partial charge in [0.1, 0.15) is 11.5 Å². The molecule has 6 nitrogen and oxygen atoms in total. The summed E-state index contributed by atoms with van der Waals surface area (Å²) in [5.74, 6) is 0.537. The Hall–Kier alpha value is -4.45. The predicted octanol–water partition coefficient (Wildman–Crippen LogP) is 5.85. The molecule has 0 atom stereocenters. The summed E-state index contributed by atoms with van der Waals surface area (Å²) >= 11 is 0. The lowest BCUT2D eigenvalue weighted by atomic mass is 10.1. The Labute approximate surface area is 191 Å². The number of carbonyl (C=O) groups is 1. The number of nitrogens with one attached hydrogen (secondary N) is 1. The van der Waals surface area contributed by atoms with E-state index in [1.165, 1.54) is 0 Å². The normalized spacial score (nSPS) is 13.3. The molecule has 0 saturated heterocycles. The zero-order valence-corrected chi connectivity index (χ0v) is 18.1. The van der Waals surface area contributed by atoms with E-state index in [-0.39, 0.29) is 11.8 Å². The number of aromatic nitrogens is 2. The molecule has 1 amide bonds. The smallest absolute Gasteiger partial charge is 0.224 e. The van der Waals surface area contributed by atoms with Crippen LogP contribution in [0.1, 0.15) is 24.6 Å². The van der Waals surface area contributed by atoms with Gasteiger partial charge in [-0.15, -0.1) is 0 Å². The Morgan fingerprint density at radius 3 is 2.64 bits per heavy atom. The quantitative estimate of drug-likeness (QED) is 0.413. The number of hydrogen-bond donors (Lipinski definition) is 2. The van der Waals surface area contributed by atoms with Gasteiger partial charge in [0.2, 0.25) is 11.8 Å². The lowest BCUT2D eigenvalue weighted by Gasteiger charge is -2.11. The van der Waals surface area contributed by atoms with Crippen molar-refractivity contribution < 1.29 is 9.90 Å². The first-order chi connectivity index (χ1) is 16.1. The molecule has 162 valence electrons. The van der Waals surface area contributed by atoms with Crippen LogP contribution in [0.5, 0.6) is 5.88 Å². The number of fused-ring (bicyclic) bond motifs is 1. The van der Waals surface area contributed by atoms with Crippen LogP contribution in [0.2, 0.25) is 0 Å². The van der Waals surface area contributed by atoms with Gasteiger partial charge in [0.15, 0.2) is 0 Å². The number of rotatable bonds is 5. The van der Waals surface area contributed by atoms with E-state index in [4.69, 9.17) is 4.98 Å². The second-order valence-electron chi connectivity index (χ2n) is 7.67. The fourth-order valence-electron chi connectivity index (χ4n) is 3.82. The fraction of sp³-hybridized carbons (Fsp3) is 0.0741. The number of aliphatic imine (C=N–C) groups is 1. The molecule has 4 aromatic rings. The standard InChI is InChI=1S/C27H22N4O2/c1-2-25(32)29-20-11-8-12-21(16-20)31-26(18-9-4-3-5-10-18)30-24(27(31)33)15-19-17-28-23-14-7-6-13-22(19)23/h3-17,33H,2H2,1H3,(H,29,32)/b19-15+. The molecule has 2 heterocycles. The third-order valence-electron chi connectivity index (χ3n) is 5.47. The van der Waals surface area contributed by atoms with Crippen molar-refractivity contribution in [2.45, 2.75) is 13.3 Å². The maximum absolute atomic E-state index is 11.9. The Kier molecular flexibility index (Phi) is 5.32. The van der Waals surface area contributed by atoms with Crippen molar-refractivity contribution in [3.8, 4) is 23.0 Å². The minimum absolute atomic E-state index is 0.0121. The summed E-state index contributed by atoms with van der Waals surface area (Å²) in [5.41, 5.74) is 5.42. The molecule has 0 radical (unpaired) electrons. The van der Waals surface area contributed by atoms with E-state index < -0.39 is 0 Å². The average Bonchev–Trinajstić information content (AvgIpc) is 3.41. The lowest BCUT2D eigenvalue weighted by molar-refractivity contribution is -0.115. The Morgan fingerprint density at radius 2 is 1.82 bits per heavy atom. The summed E-state index contributed by atoms with van der Waals surface area (Å²) in [4.78, 5) is 21.1. The Balaban J connectivity index is 1.65. The van der Waals surface area contributed by atoms with Crippen molar-refractivity contribution in [3.05, 3.63) is 90.1 Å². The van der Waals surface area contributed by atoms with Crippen LogP contribution in [-0.4, -0.2) is 26.8 Å². The highest BCUT2D eigenvalue weighted by Gasteiger charge is 2.20. The first-order valence-electron chi connectivity index (χ1n) is 10.8. The molecule has 6 heteroatoms. The Bertz CT molecular complexity index is 1400. The van der Waals surface area contributed by atoms with Gasteiger partial charge in [0, 0.05) is 35.0 Å². The topological polar surface area (TPSA) is 79.5 Å². The van der Waals surface area contributed by atoms with Crippen LogP contribution in [0, 0.1) is 0 Å². The van der Waals surface area contributed by atoms with Crippen LogP contribution in [0.3, 0.4) is 0 Å². The van der Waals surface area contributed by atoms with E-state index in [1.807, 2.05) is 84.9 Å². The average molecular weight is 434 g/mol. The number of anilines is 1. The van der Waals surface area contributed by atoms with Crippen molar-refractivity contribution in [2.75, 3.05) is 5.32 Å². The molecule has 0 saturated carbocycles. The maximum atomic E-state index is 11.9. The third kappa shape index (κ3) is 3.94. The van der Waals surface area contributed by atoms with Crippen molar-refractivity contribution in [3.63, 3.8) is 0 Å². The van der Waals surface area contributed by atoms with E-state index in [0.717, 1.165) is 22.4 Å². The van der Waals surface area contributed by atoms with E-state index in [0.29, 0.717) is 29.3 Å². The Morgan fingerprint density at radius 1 is 1.03 bits per heavy atom. The van der Waals surface area contributed by atoms with Crippen molar-refractivity contribution >= 4 is 35.1 Å². The van der Waals surface area contributed by atoms with E-state index in [9.17, 15) is 9.90 Å². The molecule has 0 spiro atoms. The van der Waals surface area contributed by atoms with Gasteiger partial charge in [-0.2, -0.15) is 0 Å². The van der Waals surface area contributed by atoms with Crippen LogP contribution in [0.15, 0.2) is 83.9 Å². The number of amides is 1. The molecule has 1 aliphatic heterocycles. The summed E-state index contributed by atoms with van der Waals surface area (Å²) in [5, 5.41) is 14.1. The molecule has 3 aromatic carbocycles. The van der Waals surface area contributed by atoms with Crippen LogP contribution in [0.25, 0.3) is 28.7 Å². The summed E-state index contributed by atoms with van der Waals surface area (Å²) in [6.07, 6.45) is 4.01. The molecule has 1 aromatic heterocycles. The number of para-hydroxylation sites is 1. The van der Waals surface area contributed by atoms with Crippen LogP contribution >= 0.6 is 0 Å². The van der Waals surface area contributed by atoms with Gasteiger partial charge in [0.25, 0.3) is 0 Å². The van der Waals surface area contributed by atoms with Gasteiger partial charge in [-0.05, 0) is 30.3 Å². The van der Waals surface area contributed by atoms with Gasteiger partial charge in [-0.3, -0.25) is 14.4 Å². The van der Waals surface area contributed by atoms with E-state index >= 15 is 0 Å². The van der Waals surface area contributed by atoms with Gasteiger partial charge < -0.3 is 10.4 Å². The SMILES string of the molecule is CCC(=O)Nc1cccc(-n2c(-c3ccccc3)nc(/C=C3\C=Nc4ccccc43)c2O)c1. The monoisotopic (exact) mass is 434 g/mol. The first-order valence-corrected chi connectivity index (χ1v) is 10.8.